The zero-order valence-corrected chi connectivity index (χ0v) is 27.0. The first-order valence-corrected chi connectivity index (χ1v) is 15.8. The van der Waals surface area contributed by atoms with Crippen LogP contribution >= 0.6 is 11.6 Å². The van der Waals surface area contributed by atoms with Gasteiger partial charge in [0.25, 0.3) is 0 Å². The van der Waals surface area contributed by atoms with Gasteiger partial charge in [0.15, 0.2) is 5.78 Å². The van der Waals surface area contributed by atoms with E-state index in [-0.39, 0.29) is 23.7 Å². The molecule has 1 fully saturated rings. The molecule has 3 aliphatic rings. The summed E-state index contributed by atoms with van der Waals surface area (Å²) in [5.41, 5.74) is 6.55. The first-order valence-electron chi connectivity index (χ1n) is 15.4. The van der Waals surface area contributed by atoms with Crippen molar-refractivity contribution in [2.75, 3.05) is 55.0 Å². The molecule has 1 N–H and O–H groups in total. The molecule has 3 aromatic rings. The molecule has 45 heavy (non-hydrogen) atoms. The minimum absolute atomic E-state index is 0.00362. The lowest BCUT2D eigenvalue weighted by atomic mass is 9.73. The molecule has 1 amide bonds. The SMILES string of the molecule is COC(=O)c1ccc(C2C3=C(CC(C)(C)CC3=O)Nc3ccccc3N2CC(=O)N2CCN(c3cc(Cl)ccc3C)CC2)cc1. The number of hydrogen-bond donors (Lipinski definition) is 1. The molecule has 2 heterocycles. The maximum Gasteiger partial charge on any atom is 0.337 e. The number of benzene rings is 3. The van der Waals surface area contributed by atoms with Crippen LogP contribution in [0.2, 0.25) is 5.02 Å². The average Bonchev–Trinajstić information content (AvgIpc) is 3.15. The molecule has 1 unspecified atom stereocenters. The Labute approximate surface area is 269 Å². The first kappa shape index (κ1) is 30.7. The van der Waals surface area contributed by atoms with Crippen molar-refractivity contribution >= 4 is 46.3 Å². The predicted molar refractivity (Wildman–Crippen MR) is 178 cm³/mol. The van der Waals surface area contributed by atoms with Gasteiger partial charge < -0.3 is 24.8 Å². The number of rotatable bonds is 5. The summed E-state index contributed by atoms with van der Waals surface area (Å²) >= 11 is 6.30. The maximum atomic E-state index is 14.1. The molecule has 1 saturated heterocycles. The standard InChI is InChI=1S/C36H39ClN4O4/c1-23-9-14-26(37)19-30(23)39-15-17-40(18-16-39)32(43)22-41-29-8-6-5-7-27(29)38-28-20-36(2,3)21-31(42)33(28)34(41)24-10-12-25(13-11-24)35(44)45-4/h5-14,19,34,38H,15-18,20-22H2,1-4H3. The summed E-state index contributed by atoms with van der Waals surface area (Å²) in [6.07, 6.45) is 1.11. The Morgan fingerprint density at radius 2 is 1.67 bits per heavy atom. The number of carbonyl (C=O) groups is 3. The third-order valence-corrected chi connectivity index (χ3v) is 9.34. The molecule has 0 bridgehead atoms. The first-order chi connectivity index (χ1) is 21.5. The van der Waals surface area contributed by atoms with E-state index in [0.717, 1.165) is 33.9 Å². The highest BCUT2D eigenvalue weighted by atomic mass is 35.5. The Morgan fingerprint density at radius 3 is 2.38 bits per heavy atom. The van der Waals surface area contributed by atoms with Crippen LogP contribution in [0.4, 0.5) is 17.1 Å². The van der Waals surface area contributed by atoms with Gasteiger partial charge in [-0.3, -0.25) is 9.59 Å². The highest BCUT2D eigenvalue weighted by Crippen LogP contribution is 2.48. The largest absolute Gasteiger partial charge is 0.465 e. The van der Waals surface area contributed by atoms with E-state index in [9.17, 15) is 14.4 Å². The summed E-state index contributed by atoms with van der Waals surface area (Å²) in [5.74, 6) is -0.369. The highest BCUT2D eigenvalue weighted by molar-refractivity contribution is 6.30. The second-order valence-electron chi connectivity index (χ2n) is 12.9. The fourth-order valence-electron chi connectivity index (χ4n) is 6.86. The van der Waals surface area contributed by atoms with Crippen LogP contribution in [0.5, 0.6) is 0 Å². The smallest absolute Gasteiger partial charge is 0.337 e. The van der Waals surface area contributed by atoms with E-state index in [4.69, 9.17) is 16.3 Å². The van der Waals surface area contributed by atoms with Gasteiger partial charge in [-0.05, 0) is 66.3 Å². The molecule has 9 heteroatoms. The maximum absolute atomic E-state index is 14.1. The van der Waals surface area contributed by atoms with Crippen LogP contribution < -0.4 is 15.1 Å². The van der Waals surface area contributed by atoms with Gasteiger partial charge in [-0.15, -0.1) is 0 Å². The molecular formula is C36H39ClN4O4. The van der Waals surface area contributed by atoms with E-state index in [2.05, 4.69) is 35.9 Å². The van der Waals surface area contributed by atoms with E-state index < -0.39 is 12.0 Å². The number of fused-ring (bicyclic) bond motifs is 1. The Bertz CT molecular complexity index is 1670. The summed E-state index contributed by atoms with van der Waals surface area (Å²) < 4.78 is 4.92. The van der Waals surface area contributed by atoms with Gasteiger partial charge in [-0.2, -0.15) is 0 Å². The number of ether oxygens (including phenoxy) is 1. The summed E-state index contributed by atoms with van der Waals surface area (Å²) in [6.45, 7) is 8.95. The van der Waals surface area contributed by atoms with Crippen LogP contribution in [0, 0.1) is 12.3 Å². The van der Waals surface area contributed by atoms with Gasteiger partial charge in [0.05, 0.1) is 36.6 Å². The molecule has 0 spiro atoms. The second-order valence-corrected chi connectivity index (χ2v) is 13.4. The average molecular weight is 627 g/mol. The van der Waals surface area contributed by atoms with E-state index in [1.165, 1.54) is 7.11 Å². The number of nitrogens with zero attached hydrogens (tertiary/aromatic N) is 3. The summed E-state index contributed by atoms with van der Waals surface area (Å²) in [5, 5.41) is 4.30. The number of piperazine rings is 1. The number of Topliss-reactive ketones (excluding diaryl/α,β-unsaturated/α-hetero) is 1. The van der Waals surface area contributed by atoms with Gasteiger partial charge in [-0.1, -0.05) is 55.8 Å². The number of aryl methyl sites for hydroxylation is 1. The molecule has 1 aliphatic carbocycles. The number of halogens is 1. The number of esters is 1. The number of anilines is 3. The van der Waals surface area contributed by atoms with Crippen molar-refractivity contribution in [3.63, 3.8) is 0 Å². The van der Waals surface area contributed by atoms with Gasteiger partial charge in [0.2, 0.25) is 5.91 Å². The fourth-order valence-corrected chi connectivity index (χ4v) is 7.03. The van der Waals surface area contributed by atoms with Crippen LogP contribution in [0.15, 0.2) is 78.0 Å². The number of para-hydroxylation sites is 2. The zero-order chi connectivity index (χ0) is 31.9. The quantitative estimate of drug-likeness (QED) is 0.328. The monoisotopic (exact) mass is 626 g/mol. The number of ketones is 1. The van der Waals surface area contributed by atoms with Gasteiger partial charge in [-0.25, -0.2) is 4.79 Å². The lowest BCUT2D eigenvalue weighted by molar-refractivity contribution is -0.130. The number of amides is 1. The van der Waals surface area contributed by atoms with Gasteiger partial charge >= 0.3 is 5.97 Å². The van der Waals surface area contributed by atoms with Crippen LogP contribution in [-0.2, 0) is 14.3 Å². The molecule has 6 rings (SSSR count). The normalized spacial score (nSPS) is 19.4. The fraction of sp³-hybridized carbons (Fsp3) is 0.361. The number of methoxy groups -OCH3 is 1. The molecule has 0 saturated carbocycles. The van der Waals surface area contributed by atoms with Crippen LogP contribution in [0.3, 0.4) is 0 Å². The van der Waals surface area contributed by atoms with Gasteiger partial charge in [0.1, 0.15) is 0 Å². The van der Waals surface area contributed by atoms with E-state index in [1.54, 1.807) is 12.1 Å². The highest BCUT2D eigenvalue weighted by Gasteiger charge is 2.42. The molecule has 3 aromatic carbocycles. The third-order valence-electron chi connectivity index (χ3n) is 9.10. The summed E-state index contributed by atoms with van der Waals surface area (Å²) in [4.78, 5) is 46.6. The van der Waals surface area contributed by atoms with Gasteiger partial charge in [0, 0.05) is 54.6 Å². The molecule has 1 atom stereocenters. The number of allylic oxidation sites excluding steroid dienone is 1. The number of carbonyl (C=O) groups excluding carboxylic acids is 3. The van der Waals surface area contributed by atoms with E-state index in [1.807, 2.05) is 59.5 Å². The Morgan fingerprint density at radius 1 is 0.956 bits per heavy atom. The molecule has 8 nitrogen and oxygen atoms in total. The molecule has 2 aliphatic heterocycles. The molecule has 234 valence electrons. The summed E-state index contributed by atoms with van der Waals surface area (Å²) in [7, 11) is 1.35. The van der Waals surface area contributed by atoms with Crippen LogP contribution in [-0.4, -0.2) is 62.4 Å². The lowest BCUT2D eigenvalue weighted by Crippen LogP contribution is -2.52. The Kier molecular flexibility index (Phi) is 8.35. The zero-order valence-electron chi connectivity index (χ0n) is 26.2. The predicted octanol–water partition coefficient (Wildman–Crippen LogP) is 6.40. The van der Waals surface area contributed by atoms with Crippen molar-refractivity contribution in [2.24, 2.45) is 5.41 Å². The van der Waals surface area contributed by atoms with Crippen molar-refractivity contribution < 1.29 is 19.1 Å². The topological polar surface area (TPSA) is 82.2 Å². The second kappa shape index (κ2) is 12.2. The molecule has 0 aromatic heterocycles. The minimum atomic E-state index is -0.522. The summed E-state index contributed by atoms with van der Waals surface area (Å²) in [6, 6.07) is 20.5. The Hall–Kier alpha value is -4.30. The van der Waals surface area contributed by atoms with Crippen molar-refractivity contribution in [3.8, 4) is 0 Å². The minimum Gasteiger partial charge on any atom is -0.465 e. The van der Waals surface area contributed by atoms with Crippen molar-refractivity contribution in [1.82, 2.24) is 4.90 Å². The third kappa shape index (κ3) is 6.16. The van der Waals surface area contributed by atoms with E-state index in [0.29, 0.717) is 55.2 Å². The van der Waals surface area contributed by atoms with Crippen LogP contribution in [0.25, 0.3) is 0 Å². The molecular weight excluding hydrogens is 588 g/mol. The van der Waals surface area contributed by atoms with Crippen molar-refractivity contribution in [1.29, 1.82) is 0 Å². The number of hydrogen-bond acceptors (Lipinski definition) is 7. The number of nitrogens with one attached hydrogen (secondary N) is 1. The van der Waals surface area contributed by atoms with Crippen LogP contribution in [0.1, 0.15) is 54.2 Å². The Balaban J connectivity index is 1.35. The molecule has 0 radical (unpaired) electrons. The van der Waals surface area contributed by atoms with Crippen molar-refractivity contribution in [3.05, 3.63) is 99.7 Å². The lowest BCUT2D eigenvalue weighted by Gasteiger charge is -2.40. The van der Waals surface area contributed by atoms with E-state index >= 15 is 0 Å². The van der Waals surface area contributed by atoms with Crippen molar-refractivity contribution in [2.45, 2.75) is 39.7 Å².